The Labute approximate surface area is 107 Å². The van der Waals surface area contributed by atoms with E-state index in [0.29, 0.717) is 11.7 Å². The Morgan fingerprint density at radius 1 is 1.28 bits per heavy atom. The molecule has 0 saturated heterocycles. The zero-order valence-corrected chi connectivity index (χ0v) is 10.6. The maximum Gasteiger partial charge on any atom is 0.270 e. The fourth-order valence-electron chi connectivity index (χ4n) is 2.84. The normalized spacial score (nSPS) is 16.3. The van der Waals surface area contributed by atoms with E-state index in [4.69, 9.17) is 0 Å². The third kappa shape index (κ3) is 1.90. The Kier molecular flexibility index (Phi) is 2.82. The number of amides is 1. The second-order valence-corrected chi connectivity index (χ2v) is 5.12. The summed E-state index contributed by atoms with van der Waals surface area (Å²) < 4.78 is 0. The van der Waals surface area contributed by atoms with Crippen molar-refractivity contribution in [1.82, 2.24) is 9.88 Å². The summed E-state index contributed by atoms with van der Waals surface area (Å²) in [6.45, 7) is 0. The highest BCUT2D eigenvalue weighted by Gasteiger charge is 2.24. The van der Waals surface area contributed by atoms with Gasteiger partial charge in [0.15, 0.2) is 0 Å². The Bertz CT molecular complexity index is 534. The van der Waals surface area contributed by atoms with Crippen LogP contribution < -0.4 is 0 Å². The number of H-pyrrole nitrogens is 1. The van der Waals surface area contributed by atoms with Crippen LogP contribution in [0.15, 0.2) is 30.3 Å². The monoisotopic (exact) mass is 242 g/mol. The van der Waals surface area contributed by atoms with Crippen LogP contribution in [-0.4, -0.2) is 28.9 Å². The van der Waals surface area contributed by atoms with E-state index in [1.54, 1.807) is 0 Å². The minimum atomic E-state index is 0.109. The SMILES string of the molecule is CN(C(=O)c1cc2ccccc2[nH]1)C1CCCC1. The van der Waals surface area contributed by atoms with Crippen molar-refractivity contribution in [2.45, 2.75) is 31.7 Å². The number of nitrogens with zero attached hydrogens (tertiary/aromatic N) is 1. The smallest absolute Gasteiger partial charge is 0.270 e. The van der Waals surface area contributed by atoms with Gasteiger partial charge in [0.2, 0.25) is 0 Å². The predicted octanol–water partition coefficient (Wildman–Crippen LogP) is 3.18. The van der Waals surface area contributed by atoms with E-state index in [9.17, 15) is 4.79 Å². The molecule has 0 atom stereocenters. The van der Waals surface area contributed by atoms with Crippen molar-refractivity contribution in [2.24, 2.45) is 0 Å². The molecule has 0 unspecified atom stereocenters. The van der Waals surface area contributed by atoms with E-state index in [2.05, 4.69) is 4.98 Å². The van der Waals surface area contributed by atoms with Gasteiger partial charge in [-0.05, 0) is 25.0 Å². The number of aromatic amines is 1. The van der Waals surface area contributed by atoms with Gasteiger partial charge in [0.25, 0.3) is 5.91 Å². The molecule has 1 saturated carbocycles. The lowest BCUT2D eigenvalue weighted by molar-refractivity contribution is 0.0730. The lowest BCUT2D eigenvalue weighted by atomic mass is 10.2. The van der Waals surface area contributed by atoms with Gasteiger partial charge in [0.1, 0.15) is 5.69 Å². The summed E-state index contributed by atoms with van der Waals surface area (Å²) in [5.74, 6) is 0.109. The Hall–Kier alpha value is -1.77. The first-order valence-electron chi connectivity index (χ1n) is 6.60. The summed E-state index contributed by atoms with van der Waals surface area (Å²) in [6, 6.07) is 10.4. The summed E-state index contributed by atoms with van der Waals surface area (Å²) in [5.41, 5.74) is 1.73. The van der Waals surface area contributed by atoms with E-state index in [-0.39, 0.29) is 5.91 Å². The fourth-order valence-corrected chi connectivity index (χ4v) is 2.84. The first-order valence-corrected chi connectivity index (χ1v) is 6.60. The van der Waals surface area contributed by atoms with Gasteiger partial charge in [-0.25, -0.2) is 0 Å². The van der Waals surface area contributed by atoms with Gasteiger partial charge < -0.3 is 9.88 Å². The first kappa shape index (κ1) is 11.3. The summed E-state index contributed by atoms with van der Waals surface area (Å²) >= 11 is 0. The number of hydrogen-bond acceptors (Lipinski definition) is 1. The van der Waals surface area contributed by atoms with E-state index in [1.807, 2.05) is 42.3 Å². The van der Waals surface area contributed by atoms with E-state index in [1.165, 1.54) is 12.8 Å². The van der Waals surface area contributed by atoms with E-state index >= 15 is 0 Å². The highest BCUT2D eigenvalue weighted by atomic mass is 16.2. The van der Waals surface area contributed by atoms with Crippen LogP contribution in [0, 0.1) is 0 Å². The molecule has 1 N–H and O–H groups in total. The number of carbonyl (C=O) groups excluding carboxylic acids is 1. The molecule has 1 aliphatic rings. The van der Waals surface area contributed by atoms with Crippen molar-refractivity contribution >= 4 is 16.8 Å². The molecule has 0 radical (unpaired) electrons. The molecule has 2 aromatic rings. The fraction of sp³-hybridized carbons (Fsp3) is 0.400. The van der Waals surface area contributed by atoms with Gasteiger partial charge in [-0.1, -0.05) is 31.0 Å². The molecule has 3 nitrogen and oxygen atoms in total. The number of benzene rings is 1. The summed E-state index contributed by atoms with van der Waals surface area (Å²) in [6.07, 6.45) is 4.77. The van der Waals surface area contributed by atoms with Crippen LogP contribution in [0.3, 0.4) is 0 Å². The molecule has 3 heteroatoms. The number of fused-ring (bicyclic) bond motifs is 1. The molecule has 1 heterocycles. The van der Waals surface area contributed by atoms with Gasteiger partial charge in [-0.3, -0.25) is 4.79 Å². The number of hydrogen-bond donors (Lipinski definition) is 1. The maximum absolute atomic E-state index is 12.4. The Morgan fingerprint density at radius 2 is 2.00 bits per heavy atom. The maximum atomic E-state index is 12.4. The molecular formula is C15H18N2O. The molecule has 1 aromatic carbocycles. The minimum Gasteiger partial charge on any atom is -0.351 e. The van der Waals surface area contributed by atoms with Crippen LogP contribution >= 0.6 is 0 Å². The zero-order chi connectivity index (χ0) is 12.5. The minimum absolute atomic E-state index is 0.109. The van der Waals surface area contributed by atoms with Crippen molar-refractivity contribution in [3.05, 3.63) is 36.0 Å². The van der Waals surface area contributed by atoms with E-state index < -0.39 is 0 Å². The predicted molar refractivity (Wildman–Crippen MR) is 72.6 cm³/mol. The standard InChI is InChI=1S/C15H18N2O/c1-17(12-7-3-4-8-12)15(18)14-10-11-6-2-5-9-13(11)16-14/h2,5-6,9-10,12,16H,3-4,7-8H2,1H3. The molecule has 1 amide bonds. The van der Waals surface area contributed by atoms with Crippen molar-refractivity contribution in [3.8, 4) is 0 Å². The average Bonchev–Trinajstić information content (AvgIpc) is 3.05. The Morgan fingerprint density at radius 3 is 2.72 bits per heavy atom. The second kappa shape index (κ2) is 4.48. The number of aromatic nitrogens is 1. The first-order chi connectivity index (χ1) is 8.75. The quantitative estimate of drug-likeness (QED) is 0.862. The summed E-state index contributed by atoms with van der Waals surface area (Å²) in [7, 11) is 1.92. The van der Waals surface area contributed by atoms with Gasteiger partial charge >= 0.3 is 0 Å². The average molecular weight is 242 g/mol. The van der Waals surface area contributed by atoms with Gasteiger partial charge in [0.05, 0.1) is 0 Å². The Balaban J connectivity index is 1.86. The highest BCUT2D eigenvalue weighted by molar-refractivity contribution is 5.98. The largest absolute Gasteiger partial charge is 0.351 e. The molecule has 0 bridgehead atoms. The lowest BCUT2D eigenvalue weighted by Crippen LogP contribution is -2.35. The van der Waals surface area contributed by atoms with Crippen molar-refractivity contribution in [2.75, 3.05) is 7.05 Å². The van der Waals surface area contributed by atoms with Crippen LogP contribution in [0.5, 0.6) is 0 Å². The van der Waals surface area contributed by atoms with Crippen LogP contribution in [0.4, 0.5) is 0 Å². The molecule has 0 spiro atoms. The van der Waals surface area contributed by atoms with Crippen LogP contribution in [0.1, 0.15) is 36.2 Å². The third-order valence-electron chi connectivity index (χ3n) is 3.95. The van der Waals surface area contributed by atoms with Crippen LogP contribution in [0.25, 0.3) is 10.9 Å². The molecule has 3 rings (SSSR count). The summed E-state index contributed by atoms with van der Waals surface area (Å²) in [5, 5.41) is 1.10. The third-order valence-corrected chi connectivity index (χ3v) is 3.95. The molecule has 1 aliphatic carbocycles. The van der Waals surface area contributed by atoms with Crippen LogP contribution in [0.2, 0.25) is 0 Å². The van der Waals surface area contributed by atoms with Gasteiger partial charge in [-0.2, -0.15) is 0 Å². The molecule has 18 heavy (non-hydrogen) atoms. The molecule has 1 aromatic heterocycles. The van der Waals surface area contributed by atoms with Gasteiger partial charge in [0, 0.05) is 24.0 Å². The van der Waals surface area contributed by atoms with Crippen molar-refractivity contribution in [1.29, 1.82) is 0 Å². The molecule has 94 valence electrons. The molecule has 1 fully saturated rings. The lowest BCUT2D eigenvalue weighted by Gasteiger charge is -2.23. The number of para-hydroxylation sites is 1. The van der Waals surface area contributed by atoms with Crippen molar-refractivity contribution < 1.29 is 4.79 Å². The summed E-state index contributed by atoms with van der Waals surface area (Å²) in [4.78, 5) is 17.5. The second-order valence-electron chi connectivity index (χ2n) is 5.12. The number of carbonyl (C=O) groups is 1. The number of rotatable bonds is 2. The molecule has 0 aliphatic heterocycles. The highest BCUT2D eigenvalue weighted by Crippen LogP contribution is 2.24. The van der Waals surface area contributed by atoms with Crippen LogP contribution in [-0.2, 0) is 0 Å². The topological polar surface area (TPSA) is 36.1 Å². The number of nitrogens with one attached hydrogen (secondary N) is 1. The van der Waals surface area contributed by atoms with E-state index in [0.717, 1.165) is 23.7 Å². The van der Waals surface area contributed by atoms with Crippen molar-refractivity contribution in [3.63, 3.8) is 0 Å². The van der Waals surface area contributed by atoms with Gasteiger partial charge in [-0.15, -0.1) is 0 Å². The molecular weight excluding hydrogens is 224 g/mol. The zero-order valence-electron chi connectivity index (χ0n) is 10.6.